The number of nitriles is 1. The van der Waals surface area contributed by atoms with E-state index >= 15 is 0 Å². The number of rotatable bonds is 2. The Balaban J connectivity index is 2.54. The number of esters is 1. The van der Waals surface area contributed by atoms with Gasteiger partial charge in [-0.1, -0.05) is 0 Å². The molecule has 5 heteroatoms. The predicted molar refractivity (Wildman–Crippen MR) is 57.8 cm³/mol. The number of ether oxygens (including phenoxy) is 1. The van der Waals surface area contributed by atoms with E-state index in [0.717, 1.165) is 25.1 Å². The van der Waals surface area contributed by atoms with Gasteiger partial charge in [-0.2, -0.15) is 5.26 Å². The van der Waals surface area contributed by atoms with E-state index in [1.807, 2.05) is 10.6 Å². The first-order valence-corrected chi connectivity index (χ1v) is 5.28. The zero-order valence-electron chi connectivity index (χ0n) is 9.12. The molecular weight excluding hydrogens is 206 g/mol. The van der Waals surface area contributed by atoms with Gasteiger partial charge in [-0.25, -0.2) is 4.79 Å². The van der Waals surface area contributed by atoms with Gasteiger partial charge in [0.05, 0.1) is 12.3 Å². The van der Waals surface area contributed by atoms with Crippen LogP contribution in [0.15, 0.2) is 0 Å². The highest BCUT2D eigenvalue weighted by Crippen LogP contribution is 2.31. The summed E-state index contributed by atoms with van der Waals surface area (Å²) in [5.74, 6) is -0.424. The van der Waals surface area contributed by atoms with Crippen molar-refractivity contribution < 1.29 is 9.53 Å². The Morgan fingerprint density at radius 2 is 2.44 bits per heavy atom. The number of fused-ring (bicyclic) bond motifs is 1. The molecule has 0 unspecified atom stereocenters. The fourth-order valence-corrected chi connectivity index (χ4v) is 2.15. The summed E-state index contributed by atoms with van der Waals surface area (Å²) in [5, 5.41) is 9.00. The SMILES string of the molecule is CCOC(=O)c1c(N)c(C#N)n2c1CCC2. The zero-order chi connectivity index (χ0) is 11.7. The summed E-state index contributed by atoms with van der Waals surface area (Å²) in [5.41, 5.74) is 7.68. The number of hydrogen-bond donors (Lipinski definition) is 1. The van der Waals surface area contributed by atoms with Gasteiger partial charge >= 0.3 is 5.97 Å². The molecular formula is C11H13N3O2. The first-order chi connectivity index (χ1) is 7.70. The maximum Gasteiger partial charge on any atom is 0.342 e. The third-order valence-corrected chi connectivity index (χ3v) is 2.79. The van der Waals surface area contributed by atoms with Gasteiger partial charge in [0.25, 0.3) is 0 Å². The normalized spacial score (nSPS) is 13.2. The number of nitrogens with zero attached hydrogens (tertiary/aromatic N) is 2. The van der Waals surface area contributed by atoms with Crippen LogP contribution >= 0.6 is 0 Å². The molecule has 0 aromatic carbocycles. The van der Waals surface area contributed by atoms with Gasteiger partial charge in [0.2, 0.25) is 0 Å². The maximum atomic E-state index is 11.7. The summed E-state index contributed by atoms with van der Waals surface area (Å²) in [6, 6.07) is 2.04. The van der Waals surface area contributed by atoms with Crippen LogP contribution in [0.5, 0.6) is 0 Å². The van der Waals surface area contributed by atoms with E-state index in [0.29, 0.717) is 17.9 Å². The second kappa shape index (κ2) is 3.89. The van der Waals surface area contributed by atoms with Crippen LogP contribution in [0, 0.1) is 11.3 Å². The van der Waals surface area contributed by atoms with Crippen molar-refractivity contribution in [2.75, 3.05) is 12.3 Å². The standard InChI is InChI=1S/C11H13N3O2/c1-2-16-11(15)9-7-4-3-5-14(7)8(6-12)10(9)13/h2-5,13H2,1H3. The van der Waals surface area contributed by atoms with Gasteiger partial charge in [-0.15, -0.1) is 0 Å². The number of carbonyl (C=O) groups excluding carboxylic acids is 1. The van der Waals surface area contributed by atoms with Gasteiger partial charge < -0.3 is 15.0 Å². The van der Waals surface area contributed by atoms with Crippen LogP contribution in [0.2, 0.25) is 0 Å². The second-order valence-electron chi connectivity index (χ2n) is 3.67. The van der Waals surface area contributed by atoms with E-state index in [1.54, 1.807) is 6.92 Å². The van der Waals surface area contributed by atoms with Crippen LogP contribution in [0.3, 0.4) is 0 Å². The lowest BCUT2D eigenvalue weighted by Crippen LogP contribution is -2.08. The third kappa shape index (κ3) is 1.34. The van der Waals surface area contributed by atoms with Crippen molar-refractivity contribution in [1.82, 2.24) is 4.57 Å². The second-order valence-corrected chi connectivity index (χ2v) is 3.67. The highest BCUT2D eigenvalue weighted by molar-refractivity contribution is 5.98. The molecule has 0 bridgehead atoms. The van der Waals surface area contributed by atoms with Crippen LogP contribution in [0.25, 0.3) is 0 Å². The van der Waals surface area contributed by atoms with Gasteiger partial charge in [-0.05, 0) is 19.8 Å². The molecule has 0 atom stereocenters. The number of carbonyl (C=O) groups is 1. The fourth-order valence-electron chi connectivity index (χ4n) is 2.15. The average molecular weight is 219 g/mol. The zero-order valence-corrected chi connectivity index (χ0v) is 9.12. The monoisotopic (exact) mass is 219 g/mol. The lowest BCUT2D eigenvalue weighted by molar-refractivity contribution is 0.0526. The third-order valence-electron chi connectivity index (χ3n) is 2.79. The Labute approximate surface area is 93.4 Å². The molecule has 16 heavy (non-hydrogen) atoms. The molecule has 0 saturated carbocycles. The number of nitrogens with two attached hydrogens (primary N) is 1. The van der Waals surface area contributed by atoms with E-state index in [-0.39, 0.29) is 5.69 Å². The molecule has 0 amide bonds. The molecule has 2 heterocycles. The molecule has 0 spiro atoms. The molecule has 5 nitrogen and oxygen atoms in total. The van der Waals surface area contributed by atoms with Crippen LogP contribution in [-0.2, 0) is 17.7 Å². The summed E-state index contributed by atoms with van der Waals surface area (Å²) in [6.07, 6.45) is 1.72. The van der Waals surface area contributed by atoms with E-state index in [2.05, 4.69) is 0 Å². The molecule has 0 saturated heterocycles. The Hall–Kier alpha value is -1.96. The van der Waals surface area contributed by atoms with Gasteiger partial charge in [0, 0.05) is 12.2 Å². The Morgan fingerprint density at radius 1 is 1.69 bits per heavy atom. The summed E-state index contributed by atoms with van der Waals surface area (Å²) in [6.45, 7) is 2.81. The molecule has 1 aliphatic heterocycles. The Morgan fingerprint density at radius 3 is 3.06 bits per heavy atom. The van der Waals surface area contributed by atoms with E-state index in [9.17, 15) is 4.79 Å². The predicted octanol–water partition coefficient (Wildman–Crippen LogP) is 1.06. The average Bonchev–Trinajstić information content (AvgIpc) is 2.77. The van der Waals surface area contributed by atoms with Crippen molar-refractivity contribution in [3.05, 3.63) is 17.0 Å². The van der Waals surface area contributed by atoms with Crippen LogP contribution in [0.1, 0.15) is 35.1 Å². The van der Waals surface area contributed by atoms with Gasteiger partial charge in [0.15, 0.2) is 0 Å². The van der Waals surface area contributed by atoms with E-state index in [4.69, 9.17) is 15.7 Å². The van der Waals surface area contributed by atoms with Crippen LogP contribution < -0.4 is 5.73 Å². The minimum Gasteiger partial charge on any atom is -0.462 e. The maximum absolute atomic E-state index is 11.7. The van der Waals surface area contributed by atoms with Crippen molar-refractivity contribution in [1.29, 1.82) is 5.26 Å². The summed E-state index contributed by atoms with van der Waals surface area (Å²) < 4.78 is 6.77. The minimum absolute atomic E-state index is 0.260. The van der Waals surface area contributed by atoms with Gasteiger partial charge in [0.1, 0.15) is 17.3 Å². The minimum atomic E-state index is -0.424. The Kier molecular flexibility index (Phi) is 2.57. The number of aromatic nitrogens is 1. The van der Waals surface area contributed by atoms with E-state index in [1.165, 1.54) is 0 Å². The topological polar surface area (TPSA) is 81.0 Å². The largest absolute Gasteiger partial charge is 0.462 e. The molecule has 2 N–H and O–H groups in total. The molecule has 0 fully saturated rings. The van der Waals surface area contributed by atoms with Crippen molar-refractivity contribution in [3.63, 3.8) is 0 Å². The molecule has 0 aliphatic carbocycles. The summed E-state index contributed by atoms with van der Waals surface area (Å²) in [7, 11) is 0. The highest BCUT2D eigenvalue weighted by Gasteiger charge is 2.28. The summed E-state index contributed by atoms with van der Waals surface area (Å²) in [4.78, 5) is 11.7. The van der Waals surface area contributed by atoms with Gasteiger partial charge in [-0.3, -0.25) is 0 Å². The first kappa shape index (κ1) is 10.6. The molecule has 84 valence electrons. The lowest BCUT2D eigenvalue weighted by atomic mass is 10.1. The van der Waals surface area contributed by atoms with Crippen molar-refractivity contribution >= 4 is 11.7 Å². The van der Waals surface area contributed by atoms with Crippen molar-refractivity contribution in [2.45, 2.75) is 26.3 Å². The number of anilines is 1. The highest BCUT2D eigenvalue weighted by atomic mass is 16.5. The quantitative estimate of drug-likeness (QED) is 0.754. The first-order valence-electron chi connectivity index (χ1n) is 5.28. The smallest absolute Gasteiger partial charge is 0.342 e. The van der Waals surface area contributed by atoms with Crippen molar-refractivity contribution in [3.8, 4) is 6.07 Å². The molecule has 2 rings (SSSR count). The van der Waals surface area contributed by atoms with Crippen LogP contribution in [0.4, 0.5) is 5.69 Å². The fraction of sp³-hybridized carbons (Fsp3) is 0.455. The van der Waals surface area contributed by atoms with E-state index < -0.39 is 5.97 Å². The number of hydrogen-bond acceptors (Lipinski definition) is 4. The molecule has 1 aliphatic rings. The number of nitrogen functional groups attached to an aromatic ring is 1. The molecule has 0 radical (unpaired) electrons. The summed E-state index contributed by atoms with van der Waals surface area (Å²) >= 11 is 0. The van der Waals surface area contributed by atoms with Crippen molar-refractivity contribution in [2.24, 2.45) is 0 Å². The lowest BCUT2D eigenvalue weighted by Gasteiger charge is -2.02. The van der Waals surface area contributed by atoms with Crippen LogP contribution in [-0.4, -0.2) is 17.1 Å². The Bertz CT molecular complexity index is 482. The molecule has 1 aromatic heterocycles. The molecule has 1 aromatic rings.